The van der Waals surface area contributed by atoms with Crippen molar-refractivity contribution in [3.05, 3.63) is 73.9 Å². The van der Waals surface area contributed by atoms with E-state index < -0.39 is 22.6 Å². The summed E-state index contributed by atoms with van der Waals surface area (Å²) < 4.78 is 7.15. The van der Waals surface area contributed by atoms with Gasteiger partial charge in [0.2, 0.25) is 5.78 Å². The molecule has 0 fully saturated rings. The second-order valence-electron chi connectivity index (χ2n) is 6.37. The summed E-state index contributed by atoms with van der Waals surface area (Å²) in [6, 6.07) is 12.8. The van der Waals surface area contributed by atoms with Crippen molar-refractivity contribution < 1.29 is 9.53 Å². The van der Waals surface area contributed by atoms with Crippen molar-refractivity contribution in [3.63, 3.8) is 0 Å². The van der Waals surface area contributed by atoms with Crippen LogP contribution in [0.4, 0.5) is 5.82 Å². The highest BCUT2D eigenvalue weighted by Crippen LogP contribution is 2.30. The molecule has 0 radical (unpaired) electrons. The first-order valence-corrected chi connectivity index (χ1v) is 8.59. The Labute approximate surface area is 165 Å². The zero-order chi connectivity index (χ0) is 21.3. The van der Waals surface area contributed by atoms with Gasteiger partial charge in [-0.3, -0.25) is 18.7 Å². The van der Waals surface area contributed by atoms with Gasteiger partial charge in [-0.05, 0) is 22.9 Å². The van der Waals surface area contributed by atoms with Gasteiger partial charge in [0.05, 0.1) is 7.11 Å². The molecule has 0 saturated carbocycles. The molecule has 0 aliphatic carbocycles. The maximum atomic E-state index is 13.0. The van der Waals surface area contributed by atoms with E-state index in [1.54, 1.807) is 6.07 Å². The second-order valence-corrected chi connectivity index (χ2v) is 6.37. The lowest BCUT2D eigenvalue weighted by Crippen LogP contribution is -2.41. The summed E-state index contributed by atoms with van der Waals surface area (Å²) in [5, 5.41) is 11.3. The summed E-state index contributed by atoms with van der Waals surface area (Å²) in [7, 11) is 4.07. The Morgan fingerprint density at radius 1 is 1.14 bits per heavy atom. The highest BCUT2D eigenvalue weighted by Gasteiger charge is 2.24. The molecule has 146 valence electrons. The number of nitrogens with two attached hydrogens (primary N) is 1. The van der Waals surface area contributed by atoms with E-state index in [0.29, 0.717) is 11.3 Å². The van der Waals surface area contributed by atoms with Gasteiger partial charge in [0.25, 0.3) is 5.56 Å². The number of carbonyl (C=O) groups excluding carboxylic acids is 1. The van der Waals surface area contributed by atoms with Crippen LogP contribution in [0.25, 0.3) is 16.8 Å². The third-order valence-corrected chi connectivity index (χ3v) is 4.74. The molecule has 1 aromatic heterocycles. The second kappa shape index (κ2) is 7.48. The number of nitrogens with zero attached hydrogens (tertiary/aromatic N) is 3. The monoisotopic (exact) mass is 390 g/mol. The number of hydrogen-bond donors (Lipinski definition) is 1. The van der Waals surface area contributed by atoms with Crippen LogP contribution in [0.1, 0.15) is 15.9 Å². The number of anilines is 1. The third-order valence-electron chi connectivity index (χ3n) is 4.74. The van der Waals surface area contributed by atoms with Crippen LogP contribution in [-0.2, 0) is 14.1 Å². The highest BCUT2D eigenvalue weighted by atomic mass is 16.5. The number of rotatable bonds is 4. The molecule has 1 heterocycles. The van der Waals surface area contributed by atoms with Gasteiger partial charge in [0.1, 0.15) is 28.8 Å². The van der Waals surface area contributed by atoms with Gasteiger partial charge in [-0.15, -0.1) is 0 Å². The molecule has 0 saturated heterocycles. The van der Waals surface area contributed by atoms with Gasteiger partial charge in [-0.1, -0.05) is 30.3 Å². The molecular weight excluding hydrogens is 372 g/mol. The fraction of sp³-hybridized carbons (Fsp3) is 0.143. The molecule has 3 rings (SSSR count). The number of fused-ring (bicyclic) bond motifs is 1. The molecule has 29 heavy (non-hydrogen) atoms. The quantitative estimate of drug-likeness (QED) is 0.411. The maximum absolute atomic E-state index is 13.0. The van der Waals surface area contributed by atoms with E-state index in [1.165, 1.54) is 27.3 Å². The van der Waals surface area contributed by atoms with Crippen molar-refractivity contribution in [2.45, 2.75) is 0 Å². The van der Waals surface area contributed by atoms with Crippen LogP contribution < -0.4 is 21.7 Å². The number of hydrogen-bond acceptors (Lipinski definition) is 6. The average molecular weight is 390 g/mol. The fourth-order valence-electron chi connectivity index (χ4n) is 3.10. The number of Topliss-reactive ketones (excluding diaryl/α,β-unsaturated/α-hetero) is 1. The maximum Gasteiger partial charge on any atom is 0.332 e. The Morgan fingerprint density at radius 2 is 1.83 bits per heavy atom. The summed E-state index contributed by atoms with van der Waals surface area (Å²) in [4.78, 5) is 37.5. The molecule has 2 N–H and O–H groups in total. The molecule has 0 bridgehead atoms. The van der Waals surface area contributed by atoms with E-state index in [4.69, 9.17) is 10.5 Å². The van der Waals surface area contributed by atoms with Gasteiger partial charge in [-0.25, -0.2) is 4.79 Å². The molecule has 0 aliphatic heterocycles. The summed E-state index contributed by atoms with van der Waals surface area (Å²) in [5.74, 6) is -0.698. The van der Waals surface area contributed by atoms with E-state index in [0.717, 1.165) is 19.9 Å². The van der Waals surface area contributed by atoms with Gasteiger partial charge < -0.3 is 10.5 Å². The number of aromatic nitrogens is 2. The van der Waals surface area contributed by atoms with Gasteiger partial charge in [-0.2, -0.15) is 5.26 Å². The van der Waals surface area contributed by atoms with Crippen LogP contribution in [-0.4, -0.2) is 22.0 Å². The molecular formula is C21H18N4O4. The normalized spacial score (nSPS) is 11.3. The first-order chi connectivity index (χ1) is 13.8. The minimum Gasteiger partial charge on any atom is -0.496 e. The van der Waals surface area contributed by atoms with Crippen molar-refractivity contribution in [2.75, 3.05) is 12.8 Å². The smallest absolute Gasteiger partial charge is 0.332 e. The van der Waals surface area contributed by atoms with Crippen LogP contribution in [0.15, 0.2) is 51.6 Å². The minimum absolute atomic E-state index is 0.297. The number of ether oxygens (including phenoxy) is 1. The third kappa shape index (κ3) is 3.19. The Bertz CT molecular complexity index is 1340. The lowest BCUT2D eigenvalue weighted by Gasteiger charge is -2.11. The number of methoxy groups -OCH3 is 1. The lowest BCUT2D eigenvalue weighted by molar-refractivity contribution is 0.103. The molecule has 0 amide bonds. The molecule has 2 aromatic carbocycles. The minimum atomic E-state index is -0.865. The van der Waals surface area contributed by atoms with Crippen LogP contribution in [0, 0.1) is 11.3 Å². The van der Waals surface area contributed by atoms with Crippen molar-refractivity contribution in [1.82, 2.24) is 9.13 Å². The Morgan fingerprint density at radius 3 is 2.48 bits per heavy atom. The van der Waals surface area contributed by atoms with Gasteiger partial charge >= 0.3 is 5.69 Å². The van der Waals surface area contributed by atoms with Gasteiger partial charge in [0.15, 0.2) is 0 Å². The molecule has 0 spiro atoms. The number of ketones is 1. The number of carbonyl (C=O) groups is 1. The molecule has 3 aromatic rings. The predicted molar refractivity (Wildman–Crippen MR) is 110 cm³/mol. The lowest BCUT2D eigenvalue weighted by atomic mass is 9.98. The average Bonchev–Trinajstić information content (AvgIpc) is 2.74. The fourth-order valence-corrected chi connectivity index (χ4v) is 3.10. The molecule has 0 atom stereocenters. The topological polar surface area (TPSA) is 120 Å². The summed E-state index contributed by atoms with van der Waals surface area (Å²) >= 11 is 0. The van der Waals surface area contributed by atoms with E-state index in [2.05, 4.69) is 0 Å². The number of benzene rings is 2. The van der Waals surface area contributed by atoms with Gasteiger partial charge in [0, 0.05) is 19.7 Å². The number of nitrogen functional groups attached to an aromatic ring is 1. The highest BCUT2D eigenvalue weighted by molar-refractivity contribution is 6.16. The standard InChI is InChI=1S/C21H18N4O4/c1-24-19(23)17(20(27)25(2)21(24)28)18(26)13(11-22)10-15-14-7-5-4-6-12(14)8-9-16(15)29-3/h4-10H,23H2,1-3H3/b13-10+. The number of nitriles is 1. The van der Waals surface area contributed by atoms with Crippen LogP contribution >= 0.6 is 0 Å². The Balaban J connectivity index is 2.28. The zero-order valence-electron chi connectivity index (χ0n) is 16.1. The van der Waals surface area contributed by atoms with E-state index >= 15 is 0 Å². The zero-order valence-corrected chi connectivity index (χ0v) is 16.1. The first kappa shape index (κ1) is 19.6. The predicted octanol–water partition coefficient (Wildman–Crippen LogP) is 1.62. The Hall–Kier alpha value is -4.12. The van der Waals surface area contributed by atoms with E-state index in [9.17, 15) is 19.6 Å². The summed E-state index contributed by atoms with van der Waals surface area (Å²) in [6.07, 6.45) is 1.37. The van der Waals surface area contributed by atoms with Crippen molar-refractivity contribution in [1.29, 1.82) is 5.26 Å². The van der Waals surface area contributed by atoms with Crippen molar-refractivity contribution in [3.8, 4) is 11.8 Å². The van der Waals surface area contributed by atoms with Crippen LogP contribution in [0.2, 0.25) is 0 Å². The van der Waals surface area contributed by atoms with Crippen molar-refractivity contribution >= 4 is 28.4 Å². The number of allylic oxidation sites excluding steroid dienone is 1. The Kier molecular flexibility index (Phi) is 5.07. The first-order valence-electron chi connectivity index (χ1n) is 8.59. The van der Waals surface area contributed by atoms with Crippen molar-refractivity contribution in [2.24, 2.45) is 14.1 Å². The van der Waals surface area contributed by atoms with E-state index in [-0.39, 0.29) is 11.4 Å². The van der Waals surface area contributed by atoms with Crippen LogP contribution in [0.5, 0.6) is 5.75 Å². The molecule has 0 unspecified atom stereocenters. The SMILES string of the molecule is COc1ccc2ccccc2c1/C=C(\C#N)C(=O)c1c(N)n(C)c(=O)n(C)c1=O. The largest absolute Gasteiger partial charge is 0.496 e. The summed E-state index contributed by atoms with van der Waals surface area (Å²) in [5.41, 5.74) is 4.12. The molecule has 0 aliphatic rings. The summed E-state index contributed by atoms with van der Waals surface area (Å²) in [6.45, 7) is 0. The van der Waals surface area contributed by atoms with Crippen LogP contribution in [0.3, 0.4) is 0 Å². The van der Waals surface area contributed by atoms with E-state index in [1.807, 2.05) is 36.4 Å². The molecule has 8 nitrogen and oxygen atoms in total. The molecule has 8 heteroatoms.